The molecule has 176 valence electrons. The van der Waals surface area contributed by atoms with Crippen LogP contribution in [-0.4, -0.2) is 57.5 Å². The molecule has 0 aliphatic heterocycles. The number of carbonyl (C=O) groups is 3. The molecule has 2 N–H and O–H groups in total. The first kappa shape index (κ1) is 23.0. The van der Waals surface area contributed by atoms with Crippen molar-refractivity contribution in [2.24, 2.45) is 7.05 Å². The summed E-state index contributed by atoms with van der Waals surface area (Å²) in [6.07, 6.45) is -0.0724. The summed E-state index contributed by atoms with van der Waals surface area (Å²) in [5.41, 5.74) is 4.66. The second-order valence-electron chi connectivity index (χ2n) is 8.11. The monoisotopic (exact) mass is 462 g/mol. The summed E-state index contributed by atoms with van der Waals surface area (Å²) < 4.78 is 6.83. The van der Waals surface area contributed by atoms with E-state index in [1.54, 1.807) is 7.05 Å². The number of anilines is 1. The Balaban J connectivity index is 1.43. The van der Waals surface area contributed by atoms with Gasteiger partial charge >= 0.3 is 12.1 Å². The Hall–Kier alpha value is -4.14. The van der Waals surface area contributed by atoms with Gasteiger partial charge in [-0.05, 0) is 28.7 Å². The number of aliphatic carboxylic acids is 1. The Morgan fingerprint density at radius 1 is 1.09 bits per heavy atom. The van der Waals surface area contributed by atoms with E-state index in [0.717, 1.165) is 22.3 Å². The fourth-order valence-electron chi connectivity index (χ4n) is 4.32. The molecule has 4 rings (SSSR count). The number of fused-ring (bicyclic) bond motifs is 3. The van der Waals surface area contributed by atoms with Crippen LogP contribution in [0.3, 0.4) is 0 Å². The van der Waals surface area contributed by atoms with E-state index in [2.05, 4.69) is 22.5 Å². The van der Waals surface area contributed by atoms with Crippen LogP contribution in [-0.2, 0) is 16.6 Å². The number of nitrogens with one attached hydrogen (secondary N) is 1. The second kappa shape index (κ2) is 9.78. The van der Waals surface area contributed by atoms with Gasteiger partial charge in [0.05, 0.1) is 0 Å². The molecule has 0 unspecified atom stereocenters. The van der Waals surface area contributed by atoms with Crippen LogP contribution in [0.4, 0.5) is 10.6 Å². The van der Waals surface area contributed by atoms with Crippen molar-refractivity contribution in [3.8, 4) is 11.1 Å². The van der Waals surface area contributed by atoms with Crippen LogP contribution in [0.15, 0.2) is 54.6 Å². The predicted molar refractivity (Wildman–Crippen MR) is 126 cm³/mol. The van der Waals surface area contributed by atoms with E-state index < -0.39 is 24.5 Å². The minimum Gasteiger partial charge on any atom is -0.480 e. The molecule has 0 radical (unpaired) electrons. The Kier molecular flexibility index (Phi) is 6.62. The SMILES string of the molecule is CCCN(CC(=O)O)C(=O)c1cc(NC(=O)OCC2c3ccccc3-c3ccccc32)nn1C. The van der Waals surface area contributed by atoms with Gasteiger partial charge in [0, 0.05) is 25.6 Å². The van der Waals surface area contributed by atoms with Gasteiger partial charge in [0.2, 0.25) is 0 Å². The number of nitrogens with zero attached hydrogens (tertiary/aromatic N) is 3. The third-order valence-corrected chi connectivity index (χ3v) is 5.78. The fraction of sp³-hybridized carbons (Fsp3) is 0.280. The fourth-order valence-corrected chi connectivity index (χ4v) is 4.32. The first-order chi connectivity index (χ1) is 16.4. The number of benzene rings is 2. The maximum atomic E-state index is 12.8. The quantitative estimate of drug-likeness (QED) is 0.527. The van der Waals surface area contributed by atoms with Crippen LogP contribution in [0.25, 0.3) is 11.1 Å². The lowest BCUT2D eigenvalue weighted by Crippen LogP contribution is -2.37. The van der Waals surface area contributed by atoms with Crippen molar-refractivity contribution < 1.29 is 24.2 Å². The normalized spacial score (nSPS) is 12.1. The standard InChI is InChI=1S/C25H26N4O5/c1-3-12-29(14-23(30)31)24(32)21-13-22(27-28(21)2)26-25(33)34-15-20-18-10-6-4-8-16(18)17-9-5-7-11-19(17)20/h4-11,13,20H,3,12,14-15H2,1-2H3,(H,30,31)(H,26,27,33). The number of hydrogen-bond acceptors (Lipinski definition) is 5. The lowest BCUT2D eigenvalue weighted by Gasteiger charge is -2.19. The van der Waals surface area contributed by atoms with E-state index in [0.29, 0.717) is 13.0 Å². The van der Waals surface area contributed by atoms with E-state index >= 15 is 0 Å². The third kappa shape index (κ3) is 4.63. The van der Waals surface area contributed by atoms with Crippen LogP contribution in [0.2, 0.25) is 0 Å². The molecule has 2 amide bonds. The summed E-state index contributed by atoms with van der Waals surface area (Å²) >= 11 is 0. The molecular formula is C25H26N4O5. The van der Waals surface area contributed by atoms with Gasteiger partial charge in [0.1, 0.15) is 18.8 Å². The maximum absolute atomic E-state index is 12.8. The highest BCUT2D eigenvalue weighted by Gasteiger charge is 2.29. The first-order valence-electron chi connectivity index (χ1n) is 11.1. The van der Waals surface area contributed by atoms with Crippen molar-refractivity contribution in [2.45, 2.75) is 19.3 Å². The zero-order valence-corrected chi connectivity index (χ0v) is 19.0. The molecule has 1 aliphatic rings. The number of aryl methyl sites for hydroxylation is 1. The lowest BCUT2D eigenvalue weighted by atomic mass is 9.98. The number of amides is 2. The van der Waals surface area contributed by atoms with Crippen LogP contribution in [0.5, 0.6) is 0 Å². The van der Waals surface area contributed by atoms with Gasteiger partial charge in [-0.1, -0.05) is 55.5 Å². The largest absolute Gasteiger partial charge is 0.480 e. The van der Waals surface area contributed by atoms with E-state index in [-0.39, 0.29) is 24.0 Å². The molecule has 2 aromatic carbocycles. The molecule has 3 aromatic rings. The van der Waals surface area contributed by atoms with Gasteiger partial charge in [-0.15, -0.1) is 0 Å². The topological polar surface area (TPSA) is 114 Å². The number of carboxylic acids is 1. The molecule has 9 heteroatoms. The second-order valence-corrected chi connectivity index (χ2v) is 8.11. The highest BCUT2D eigenvalue weighted by atomic mass is 16.5. The summed E-state index contributed by atoms with van der Waals surface area (Å²) in [5, 5.41) is 15.8. The number of aromatic nitrogens is 2. The maximum Gasteiger partial charge on any atom is 0.412 e. The molecule has 1 heterocycles. The predicted octanol–water partition coefficient (Wildman–Crippen LogP) is 3.72. The highest BCUT2D eigenvalue weighted by molar-refractivity contribution is 5.96. The van der Waals surface area contributed by atoms with Gasteiger partial charge < -0.3 is 14.7 Å². The van der Waals surface area contributed by atoms with Crippen LogP contribution in [0.1, 0.15) is 40.9 Å². The highest BCUT2D eigenvalue weighted by Crippen LogP contribution is 2.44. The zero-order valence-electron chi connectivity index (χ0n) is 19.0. The average molecular weight is 463 g/mol. The van der Waals surface area contributed by atoms with E-state index in [9.17, 15) is 14.4 Å². The summed E-state index contributed by atoms with van der Waals surface area (Å²) in [6, 6.07) is 17.5. The van der Waals surface area contributed by atoms with Crippen molar-refractivity contribution in [1.29, 1.82) is 0 Å². The lowest BCUT2D eigenvalue weighted by molar-refractivity contribution is -0.137. The van der Waals surface area contributed by atoms with Crippen molar-refractivity contribution in [2.75, 3.05) is 25.0 Å². The number of carbonyl (C=O) groups excluding carboxylic acids is 2. The van der Waals surface area contributed by atoms with Crippen LogP contribution >= 0.6 is 0 Å². The number of carboxylic acid groups (broad SMARTS) is 1. The summed E-state index contributed by atoms with van der Waals surface area (Å²) in [5.74, 6) is -1.49. The zero-order chi connectivity index (χ0) is 24.2. The van der Waals surface area contributed by atoms with Gasteiger partial charge in [-0.25, -0.2) is 4.79 Å². The van der Waals surface area contributed by atoms with Crippen molar-refractivity contribution in [3.63, 3.8) is 0 Å². The number of rotatable bonds is 8. The minimum atomic E-state index is -1.10. The average Bonchev–Trinajstić information content (AvgIpc) is 3.34. The molecule has 0 fully saturated rings. The number of ether oxygens (including phenoxy) is 1. The molecule has 0 bridgehead atoms. The Labute approximate surface area is 196 Å². The summed E-state index contributed by atoms with van der Waals surface area (Å²) in [4.78, 5) is 37.6. The molecule has 1 aliphatic carbocycles. The molecular weight excluding hydrogens is 436 g/mol. The van der Waals surface area contributed by atoms with Gasteiger partial charge in [0.15, 0.2) is 5.82 Å². The summed E-state index contributed by atoms with van der Waals surface area (Å²) in [7, 11) is 1.56. The van der Waals surface area contributed by atoms with Crippen molar-refractivity contribution >= 4 is 23.8 Å². The minimum absolute atomic E-state index is 0.0716. The molecule has 34 heavy (non-hydrogen) atoms. The molecule has 1 aromatic heterocycles. The molecule has 0 saturated carbocycles. The first-order valence-corrected chi connectivity index (χ1v) is 11.1. The van der Waals surface area contributed by atoms with Crippen molar-refractivity contribution in [3.05, 3.63) is 71.4 Å². The third-order valence-electron chi connectivity index (χ3n) is 5.78. The van der Waals surface area contributed by atoms with E-state index in [4.69, 9.17) is 9.84 Å². The Morgan fingerprint density at radius 2 is 1.71 bits per heavy atom. The molecule has 0 spiro atoms. The molecule has 0 saturated heterocycles. The Bertz CT molecular complexity index is 1190. The molecule has 9 nitrogen and oxygen atoms in total. The van der Waals surface area contributed by atoms with Crippen LogP contribution in [0, 0.1) is 0 Å². The Morgan fingerprint density at radius 3 is 2.29 bits per heavy atom. The van der Waals surface area contributed by atoms with Crippen LogP contribution < -0.4 is 5.32 Å². The van der Waals surface area contributed by atoms with Gasteiger partial charge in [-0.2, -0.15) is 5.10 Å². The summed E-state index contributed by atoms with van der Waals surface area (Å²) in [6.45, 7) is 1.90. The molecule has 0 atom stereocenters. The number of hydrogen-bond donors (Lipinski definition) is 2. The van der Waals surface area contributed by atoms with Crippen molar-refractivity contribution in [1.82, 2.24) is 14.7 Å². The van der Waals surface area contributed by atoms with Gasteiger partial charge in [-0.3, -0.25) is 19.6 Å². The van der Waals surface area contributed by atoms with Gasteiger partial charge in [0.25, 0.3) is 5.91 Å². The van der Waals surface area contributed by atoms with E-state index in [1.165, 1.54) is 15.6 Å². The van der Waals surface area contributed by atoms with E-state index in [1.807, 2.05) is 43.3 Å². The smallest absolute Gasteiger partial charge is 0.412 e.